The highest BCUT2D eigenvalue weighted by molar-refractivity contribution is 5.98. The van der Waals surface area contributed by atoms with Gasteiger partial charge in [-0.2, -0.15) is 10.1 Å². The number of hydrogen-bond acceptors (Lipinski definition) is 7. The van der Waals surface area contributed by atoms with Gasteiger partial charge < -0.3 is 20.7 Å². The van der Waals surface area contributed by atoms with Crippen molar-refractivity contribution in [2.24, 2.45) is 7.05 Å². The summed E-state index contributed by atoms with van der Waals surface area (Å²) in [5, 5.41) is 8.41. The second-order valence-electron chi connectivity index (χ2n) is 6.06. The lowest BCUT2D eigenvalue weighted by Crippen LogP contribution is -2.21. The molecular weight excluding hydrogens is 318 g/mol. The summed E-state index contributed by atoms with van der Waals surface area (Å²) in [4.78, 5) is 11.3. The van der Waals surface area contributed by atoms with Crippen LogP contribution < -0.4 is 15.8 Å². The molecule has 0 fully saturated rings. The fourth-order valence-electron chi connectivity index (χ4n) is 2.54. The topological polar surface area (TPSA) is 94.1 Å². The number of rotatable bonds is 6. The molecule has 132 valence electrons. The van der Waals surface area contributed by atoms with Crippen LogP contribution in [0.4, 0.5) is 11.8 Å². The number of hydrogen-bond donors (Lipinski definition) is 2. The number of likely N-dealkylation sites (N-methyl/N-ethyl adjacent to an activating group) is 1. The largest absolute Gasteiger partial charge is 0.497 e. The zero-order valence-electron chi connectivity index (χ0n) is 14.9. The molecule has 0 saturated carbocycles. The van der Waals surface area contributed by atoms with Gasteiger partial charge in [-0.1, -0.05) is 0 Å². The van der Waals surface area contributed by atoms with Gasteiger partial charge in [0, 0.05) is 25.7 Å². The number of benzene rings is 1. The molecule has 0 unspecified atom stereocenters. The second kappa shape index (κ2) is 6.94. The Kier molecular flexibility index (Phi) is 4.71. The summed E-state index contributed by atoms with van der Waals surface area (Å²) in [7, 11) is 7.49. The molecule has 3 aromatic rings. The Balaban J connectivity index is 2.06. The Morgan fingerprint density at radius 1 is 1.20 bits per heavy atom. The number of fused-ring (bicyclic) bond motifs is 1. The maximum absolute atomic E-state index is 6.19. The first kappa shape index (κ1) is 17.0. The van der Waals surface area contributed by atoms with E-state index in [4.69, 9.17) is 10.5 Å². The van der Waals surface area contributed by atoms with E-state index in [1.807, 2.05) is 38.4 Å². The van der Waals surface area contributed by atoms with E-state index >= 15 is 0 Å². The summed E-state index contributed by atoms with van der Waals surface area (Å²) in [5.41, 5.74) is 8.46. The van der Waals surface area contributed by atoms with Crippen LogP contribution in [0.5, 0.6) is 5.75 Å². The molecule has 0 spiro atoms. The molecule has 2 aromatic heterocycles. The average Bonchev–Trinajstić information content (AvgIpc) is 2.88. The third-order valence-electron chi connectivity index (χ3n) is 3.95. The van der Waals surface area contributed by atoms with Gasteiger partial charge in [-0.25, -0.2) is 4.98 Å². The summed E-state index contributed by atoms with van der Waals surface area (Å²) in [6, 6.07) is 7.71. The Labute approximate surface area is 146 Å². The van der Waals surface area contributed by atoms with E-state index in [1.165, 1.54) is 0 Å². The number of ether oxygens (including phenoxy) is 1. The van der Waals surface area contributed by atoms with Crippen LogP contribution in [0.2, 0.25) is 0 Å². The van der Waals surface area contributed by atoms with Gasteiger partial charge in [0.25, 0.3) is 0 Å². The Morgan fingerprint density at radius 3 is 2.56 bits per heavy atom. The van der Waals surface area contributed by atoms with Gasteiger partial charge in [0.2, 0.25) is 5.95 Å². The van der Waals surface area contributed by atoms with Crippen molar-refractivity contribution in [2.45, 2.75) is 0 Å². The van der Waals surface area contributed by atoms with Crippen LogP contribution in [0.1, 0.15) is 0 Å². The lowest BCUT2D eigenvalue weighted by molar-refractivity contribution is 0.415. The van der Waals surface area contributed by atoms with Crippen LogP contribution in [0, 0.1) is 0 Å². The number of aromatic nitrogens is 4. The fourth-order valence-corrected chi connectivity index (χ4v) is 2.54. The van der Waals surface area contributed by atoms with E-state index in [2.05, 4.69) is 25.3 Å². The zero-order valence-corrected chi connectivity index (χ0v) is 14.9. The first-order valence-corrected chi connectivity index (χ1v) is 8.03. The van der Waals surface area contributed by atoms with Crippen molar-refractivity contribution >= 4 is 22.8 Å². The second-order valence-corrected chi connectivity index (χ2v) is 6.06. The fraction of sp³-hybridized carbons (Fsp3) is 0.353. The van der Waals surface area contributed by atoms with Crippen LogP contribution in [-0.2, 0) is 7.05 Å². The minimum atomic E-state index is 0.540. The zero-order chi connectivity index (χ0) is 18.0. The van der Waals surface area contributed by atoms with E-state index in [9.17, 15) is 0 Å². The molecule has 0 bridgehead atoms. The average molecular weight is 341 g/mol. The quantitative estimate of drug-likeness (QED) is 0.703. The SMILES string of the molecule is COc1ccc(-c2nc(NCCN(C)C)nc3nn(C)c(N)c23)cc1. The highest BCUT2D eigenvalue weighted by atomic mass is 16.5. The molecule has 8 heteroatoms. The van der Waals surface area contributed by atoms with Crippen molar-refractivity contribution in [1.82, 2.24) is 24.6 Å². The summed E-state index contributed by atoms with van der Waals surface area (Å²) < 4.78 is 6.85. The summed E-state index contributed by atoms with van der Waals surface area (Å²) in [5.74, 6) is 1.87. The van der Waals surface area contributed by atoms with Crippen molar-refractivity contribution in [3.8, 4) is 17.0 Å². The predicted molar refractivity (Wildman–Crippen MR) is 99.7 cm³/mol. The third-order valence-corrected chi connectivity index (χ3v) is 3.95. The van der Waals surface area contributed by atoms with Gasteiger partial charge in [0.15, 0.2) is 5.65 Å². The summed E-state index contributed by atoms with van der Waals surface area (Å²) in [6.45, 7) is 1.62. The minimum absolute atomic E-state index is 0.540. The molecule has 1 aromatic carbocycles. The van der Waals surface area contributed by atoms with E-state index in [1.54, 1.807) is 18.8 Å². The number of methoxy groups -OCH3 is 1. The summed E-state index contributed by atoms with van der Waals surface area (Å²) in [6.07, 6.45) is 0. The summed E-state index contributed by atoms with van der Waals surface area (Å²) >= 11 is 0. The molecule has 8 nitrogen and oxygen atoms in total. The van der Waals surface area contributed by atoms with Crippen LogP contribution in [0.3, 0.4) is 0 Å². The molecule has 0 saturated heterocycles. The van der Waals surface area contributed by atoms with Crippen LogP contribution in [-0.4, -0.2) is 58.9 Å². The number of nitrogens with two attached hydrogens (primary N) is 1. The minimum Gasteiger partial charge on any atom is -0.497 e. The molecular formula is C17H23N7O. The lowest BCUT2D eigenvalue weighted by atomic mass is 10.1. The smallest absolute Gasteiger partial charge is 0.225 e. The monoisotopic (exact) mass is 341 g/mol. The molecule has 3 N–H and O–H groups in total. The van der Waals surface area contributed by atoms with Gasteiger partial charge in [-0.3, -0.25) is 4.68 Å². The van der Waals surface area contributed by atoms with E-state index in [0.29, 0.717) is 17.4 Å². The maximum atomic E-state index is 6.19. The Morgan fingerprint density at radius 2 is 1.92 bits per heavy atom. The predicted octanol–water partition coefficient (Wildman–Crippen LogP) is 1.59. The molecule has 0 aliphatic rings. The van der Waals surface area contributed by atoms with Crippen molar-refractivity contribution in [3.63, 3.8) is 0 Å². The maximum Gasteiger partial charge on any atom is 0.225 e. The van der Waals surface area contributed by atoms with Crippen molar-refractivity contribution in [1.29, 1.82) is 0 Å². The third kappa shape index (κ3) is 3.48. The van der Waals surface area contributed by atoms with Crippen molar-refractivity contribution in [3.05, 3.63) is 24.3 Å². The molecule has 0 atom stereocenters. The number of anilines is 2. The van der Waals surface area contributed by atoms with Gasteiger partial charge in [-0.05, 0) is 38.4 Å². The van der Waals surface area contributed by atoms with Gasteiger partial charge >= 0.3 is 0 Å². The number of aryl methyl sites for hydroxylation is 1. The van der Waals surface area contributed by atoms with Crippen LogP contribution in [0.25, 0.3) is 22.3 Å². The standard InChI is InChI=1S/C17H23N7O/c1-23(2)10-9-19-17-20-14(11-5-7-12(25-4)8-6-11)13-15(18)24(3)22-16(13)21-17/h5-8H,9-10,18H2,1-4H3,(H,19,21,22). The van der Waals surface area contributed by atoms with Crippen molar-refractivity contribution < 1.29 is 4.74 Å². The molecule has 0 aliphatic heterocycles. The number of nitrogens with one attached hydrogen (secondary N) is 1. The van der Waals surface area contributed by atoms with Gasteiger partial charge in [-0.15, -0.1) is 0 Å². The molecule has 0 aliphatic carbocycles. The Hall–Kier alpha value is -2.87. The van der Waals surface area contributed by atoms with E-state index < -0.39 is 0 Å². The number of nitrogen functional groups attached to an aromatic ring is 1. The van der Waals surface area contributed by atoms with Gasteiger partial charge in [0.05, 0.1) is 18.2 Å². The first-order valence-electron chi connectivity index (χ1n) is 8.03. The van der Waals surface area contributed by atoms with E-state index in [0.717, 1.165) is 35.5 Å². The highest BCUT2D eigenvalue weighted by Gasteiger charge is 2.17. The molecule has 25 heavy (non-hydrogen) atoms. The normalized spacial score (nSPS) is 11.2. The van der Waals surface area contributed by atoms with Crippen LogP contribution >= 0.6 is 0 Å². The molecule has 0 radical (unpaired) electrons. The molecule has 3 rings (SSSR count). The van der Waals surface area contributed by atoms with Gasteiger partial charge in [0.1, 0.15) is 11.6 Å². The highest BCUT2D eigenvalue weighted by Crippen LogP contribution is 2.31. The Bertz CT molecular complexity index is 871. The molecule has 0 amide bonds. The lowest BCUT2D eigenvalue weighted by Gasteiger charge is -2.11. The van der Waals surface area contributed by atoms with E-state index in [-0.39, 0.29) is 0 Å². The molecule has 2 heterocycles. The first-order chi connectivity index (χ1) is 12.0. The van der Waals surface area contributed by atoms with Crippen LogP contribution in [0.15, 0.2) is 24.3 Å². The number of nitrogens with zero attached hydrogens (tertiary/aromatic N) is 5. The van der Waals surface area contributed by atoms with Crippen molar-refractivity contribution in [2.75, 3.05) is 45.3 Å².